The number of hydrogen-bond donors (Lipinski definition) is 0. The van der Waals surface area contributed by atoms with E-state index in [-0.39, 0.29) is 17.1 Å². The predicted molar refractivity (Wildman–Crippen MR) is 110 cm³/mol. The van der Waals surface area contributed by atoms with Gasteiger partial charge >= 0.3 is 5.69 Å². The number of hydrogen-bond acceptors (Lipinski definition) is 5. The molecule has 10 heteroatoms. The third-order valence-electron chi connectivity index (χ3n) is 5.39. The van der Waals surface area contributed by atoms with Crippen LogP contribution < -0.4 is 16.1 Å². The highest BCUT2D eigenvalue weighted by Gasteiger charge is 2.28. The Labute approximate surface area is 174 Å². The Morgan fingerprint density at radius 3 is 2.73 bits per heavy atom. The number of aromatic nitrogens is 4. The number of imidazole rings is 1. The summed E-state index contributed by atoms with van der Waals surface area (Å²) in [7, 11) is 1.54. The van der Waals surface area contributed by atoms with Gasteiger partial charge in [0.2, 0.25) is 5.95 Å². The van der Waals surface area contributed by atoms with Crippen molar-refractivity contribution >= 4 is 28.7 Å². The number of benzene rings is 1. The molecule has 4 heterocycles. The minimum absolute atomic E-state index is 0.0957. The number of anilines is 1. The summed E-state index contributed by atoms with van der Waals surface area (Å²) >= 11 is 6.10. The lowest BCUT2D eigenvalue weighted by Crippen LogP contribution is -2.40. The van der Waals surface area contributed by atoms with E-state index in [1.807, 2.05) is 17.0 Å². The third-order valence-corrected chi connectivity index (χ3v) is 5.75. The number of halogens is 2. The van der Waals surface area contributed by atoms with Gasteiger partial charge in [0, 0.05) is 30.7 Å². The Bertz CT molecular complexity index is 1370. The number of furan rings is 1. The summed E-state index contributed by atoms with van der Waals surface area (Å²) in [6, 6.07) is 7.93. The Hall–Kier alpha value is -3.33. The van der Waals surface area contributed by atoms with Crippen molar-refractivity contribution in [2.45, 2.75) is 19.6 Å². The van der Waals surface area contributed by atoms with Crippen molar-refractivity contribution in [1.29, 1.82) is 0 Å². The van der Waals surface area contributed by atoms with E-state index in [1.165, 1.54) is 22.8 Å². The fourth-order valence-corrected chi connectivity index (χ4v) is 4.08. The van der Waals surface area contributed by atoms with E-state index < -0.39 is 17.1 Å². The van der Waals surface area contributed by atoms with Gasteiger partial charge in [-0.25, -0.2) is 9.18 Å². The van der Waals surface area contributed by atoms with E-state index in [0.29, 0.717) is 36.7 Å². The summed E-state index contributed by atoms with van der Waals surface area (Å²) in [6.45, 7) is 1.44. The van der Waals surface area contributed by atoms with E-state index in [1.54, 1.807) is 17.9 Å². The van der Waals surface area contributed by atoms with Gasteiger partial charge < -0.3 is 13.9 Å². The van der Waals surface area contributed by atoms with E-state index in [9.17, 15) is 14.0 Å². The molecule has 1 aliphatic rings. The van der Waals surface area contributed by atoms with Crippen LogP contribution in [0.4, 0.5) is 10.3 Å². The molecule has 0 N–H and O–H groups in total. The number of aryl methyl sites for hydroxylation is 1. The molecule has 0 saturated heterocycles. The first-order valence-electron chi connectivity index (χ1n) is 9.36. The first kappa shape index (κ1) is 18.7. The van der Waals surface area contributed by atoms with E-state index in [0.717, 1.165) is 10.3 Å². The molecule has 4 aromatic rings. The lowest BCUT2D eigenvalue weighted by molar-refractivity contribution is 0.504. The van der Waals surface area contributed by atoms with Crippen LogP contribution in [0.15, 0.2) is 50.6 Å². The maximum Gasteiger partial charge on any atom is 0.332 e. The average molecular weight is 430 g/mol. The summed E-state index contributed by atoms with van der Waals surface area (Å²) in [4.78, 5) is 32.7. The van der Waals surface area contributed by atoms with Crippen molar-refractivity contribution in [2.75, 3.05) is 11.4 Å². The molecule has 0 atom stereocenters. The van der Waals surface area contributed by atoms with E-state index >= 15 is 0 Å². The van der Waals surface area contributed by atoms with Gasteiger partial charge in [-0.1, -0.05) is 17.7 Å². The summed E-state index contributed by atoms with van der Waals surface area (Å²) < 4.78 is 23.8. The van der Waals surface area contributed by atoms with Crippen LogP contribution in [0, 0.1) is 5.82 Å². The second-order valence-corrected chi connectivity index (χ2v) is 7.58. The van der Waals surface area contributed by atoms with Crippen LogP contribution in [0.25, 0.3) is 11.2 Å². The van der Waals surface area contributed by atoms with Crippen LogP contribution >= 0.6 is 11.6 Å². The maximum absolute atomic E-state index is 14.3. The molecular weight excluding hydrogens is 413 g/mol. The molecule has 0 aliphatic carbocycles. The molecule has 3 aromatic heterocycles. The smallest absolute Gasteiger partial charge is 0.332 e. The highest BCUT2D eigenvalue weighted by atomic mass is 35.5. The Morgan fingerprint density at radius 2 is 2.00 bits per heavy atom. The van der Waals surface area contributed by atoms with Gasteiger partial charge in [-0.05, 0) is 24.3 Å². The largest absolute Gasteiger partial charge is 0.467 e. The Balaban J connectivity index is 1.65. The van der Waals surface area contributed by atoms with Gasteiger partial charge in [-0.15, -0.1) is 0 Å². The number of fused-ring (bicyclic) bond motifs is 3. The molecule has 1 aliphatic heterocycles. The molecule has 0 fully saturated rings. The second-order valence-electron chi connectivity index (χ2n) is 7.17. The molecule has 0 radical (unpaired) electrons. The Kier molecular flexibility index (Phi) is 4.28. The van der Waals surface area contributed by atoms with Crippen LogP contribution in [-0.4, -0.2) is 25.2 Å². The lowest BCUT2D eigenvalue weighted by atomic mass is 10.2. The van der Waals surface area contributed by atoms with Crippen molar-refractivity contribution in [2.24, 2.45) is 7.05 Å². The van der Waals surface area contributed by atoms with Crippen LogP contribution in [-0.2, 0) is 26.7 Å². The highest BCUT2D eigenvalue weighted by Crippen LogP contribution is 2.26. The average Bonchev–Trinajstić information content (AvgIpc) is 3.44. The third kappa shape index (κ3) is 2.77. The topological polar surface area (TPSA) is 78.2 Å². The van der Waals surface area contributed by atoms with Gasteiger partial charge in [0.1, 0.15) is 11.6 Å². The van der Waals surface area contributed by atoms with E-state index in [4.69, 9.17) is 16.0 Å². The van der Waals surface area contributed by atoms with Crippen LogP contribution in [0.2, 0.25) is 5.02 Å². The maximum atomic E-state index is 14.3. The van der Waals surface area contributed by atoms with Crippen molar-refractivity contribution in [3.05, 3.63) is 79.6 Å². The molecule has 0 spiro atoms. The monoisotopic (exact) mass is 429 g/mol. The second kappa shape index (κ2) is 6.88. The number of nitrogens with zero attached hydrogens (tertiary/aromatic N) is 5. The molecule has 30 heavy (non-hydrogen) atoms. The summed E-state index contributed by atoms with van der Waals surface area (Å²) in [6.07, 6.45) is 1.60. The Morgan fingerprint density at radius 1 is 1.17 bits per heavy atom. The molecule has 0 unspecified atom stereocenters. The standard InChI is InChI=1S/C20H17ClFN5O3/c1-24-17-16(26-8-7-25(19(26)23-17)10-12-4-3-9-30-12)18(28)27(20(24)29)11-13-14(21)5-2-6-15(13)22/h2-6,9H,7-8,10-11H2,1H3. The van der Waals surface area contributed by atoms with E-state index in [2.05, 4.69) is 4.98 Å². The summed E-state index contributed by atoms with van der Waals surface area (Å²) in [5.74, 6) is 0.797. The normalized spacial score (nSPS) is 13.4. The zero-order valence-corrected chi connectivity index (χ0v) is 16.8. The van der Waals surface area contributed by atoms with Crippen LogP contribution in [0.3, 0.4) is 0 Å². The fourth-order valence-electron chi connectivity index (χ4n) is 3.86. The lowest BCUT2D eigenvalue weighted by Gasteiger charge is -2.13. The summed E-state index contributed by atoms with van der Waals surface area (Å²) in [5.41, 5.74) is -0.410. The molecule has 0 saturated carbocycles. The minimum Gasteiger partial charge on any atom is -0.467 e. The molecule has 5 rings (SSSR count). The van der Waals surface area contributed by atoms with Gasteiger partial charge in [-0.3, -0.25) is 13.9 Å². The fraction of sp³-hybridized carbons (Fsp3) is 0.250. The SMILES string of the molecule is Cn1c(=O)n(Cc2c(F)cccc2Cl)c(=O)c2c1nc1n2CCN1Cc1ccco1. The highest BCUT2D eigenvalue weighted by molar-refractivity contribution is 6.31. The first-order chi connectivity index (χ1) is 14.5. The van der Waals surface area contributed by atoms with Crippen LogP contribution in [0.5, 0.6) is 0 Å². The van der Waals surface area contributed by atoms with Crippen molar-refractivity contribution < 1.29 is 8.81 Å². The predicted octanol–water partition coefficient (Wildman–Crippen LogP) is 2.35. The van der Waals surface area contributed by atoms with Gasteiger partial charge in [0.25, 0.3) is 5.56 Å². The summed E-state index contributed by atoms with van der Waals surface area (Å²) in [5, 5.41) is 0.159. The molecule has 1 aromatic carbocycles. The van der Waals surface area contributed by atoms with Gasteiger partial charge in [0.05, 0.1) is 19.4 Å². The molecule has 8 nitrogen and oxygen atoms in total. The quantitative estimate of drug-likeness (QED) is 0.497. The molecular formula is C20H17ClFN5O3. The minimum atomic E-state index is -0.582. The van der Waals surface area contributed by atoms with Crippen molar-refractivity contribution in [3.8, 4) is 0 Å². The van der Waals surface area contributed by atoms with Crippen molar-refractivity contribution in [3.63, 3.8) is 0 Å². The first-order valence-corrected chi connectivity index (χ1v) is 9.74. The van der Waals surface area contributed by atoms with Gasteiger partial charge in [0.15, 0.2) is 11.2 Å². The zero-order chi connectivity index (χ0) is 21.0. The van der Waals surface area contributed by atoms with Crippen molar-refractivity contribution in [1.82, 2.24) is 18.7 Å². The van der Waals surface area contributed by atoms with Crippen LogP contribution in [0.1, 0.15) is 11.3 Å². The molecule has 154 valence electrons. The van der Waals surface area contributed by atoms with Gasteiger partial charge in [-0.2, -0.15) is 4.98 Å². The number of rotatable bonds is 4. The zero-order valence-electron chi connectivity index (χ0n) is 16.0. The molecule has 0 bridgehead atoms. The molecule has 0 amide bonds.